The molecule has 3 aromatic rings. The summed E-state index contributed by atoms with van der Waals surface area (Å²) in [7, 11) is -2.36. The number of benzene rings is 3. The Balaban J connectivity index is 2.13. The second kappa shape index (κ2) is 8.04. The molecule has 4 rings (SSSR count). The highest BCUT2D eigenvalue weighted by atomic mass is 28.3. The van der Waals surface area contributed by atoms with Gasteiger partial charge in [-0.3, -0.25) is 0 Å². The molecule has 0 bridgehead atoms. The Labute approximate surface area is 170 Å². The smallest absolute Gasteiger partial charge is 0.225 e. The van der Waals surface area contributed by atoms with Crippen LogP contribution in [-0.2, 0) is 0 Å². The lowest BCUT2D eigenvalue weighted by Gasteiger charge is -2.47. The van der Waals surface area contributed by atoms with E-state index in [1.807, 2.05) is 0 Å². The van der Waals surface area contributed by atoms with Crippen LogP contribution in [0.25, 0.3) is 0 Å². The first-order valence-electron chi connectivity index (χ1n) is 10.3. The Morgan fingerprint density at radius 1 is 0.607 bits per heavy atom. The van der Waals surface area contributed by atoms with Crippen molar-refractivity contribution in [2.45, 2.75) is 20.8 Å². The molecular formula is C25H30N2Si. The lowest BCUT2D eigenvalue weighted by molar-refractivity contribution is 0.368. The quantitative estimate of drug-likeness (QED) is 0.547. The van der Waals surface area contributed by atoms with Crippen LogP contribution in [0.4, 0.5) is 0 Å². The number of hydrogen-bond donors (Lipinski definition) is 1. The molecule has 1 aliphatic rings. The molecular weight excluding hydrogens is 356 g/mol. The number of aryl methyl sites for hydroxylation is 3. The Kier molecular flexibility index (Phi) is 5.49. The van der Waals surface area contributed by atoms with E-state index in [1.54, 1.807) is 0 Å². The maximum Gasteiger partial charge on any atom is 0.225 e. The third-order valence-electron chi connectivity index (χ3n) is 6.20. The third kappa shape index (κ3) is 3.14. The van der Waals surface area contributed by atoms with Gasteiger partial charge in [0.1, 0.15) is 0 Å². The summed E-state index contributed by atoms with van der Waals surface area (Å²) in [4.78, 5) is 0. The van der Waals surface area contributed by atoms with E-state index in [-0.39, 0.29) is 0 Å². The molecule has 2 nitrogen and oxygen atoms in total. The average molecular weight is 387 g/mol. The molecule has 0 radical (unpaired) electrons. The molecule has 3 heteroatoms. The molecule has 0 aliphatic carbocycles. The monoisotopic (exact) mass is 386 g/mol. The highest BCUT2D eigenvalue weighted by Crippen LogP contribution is 2.19. The molecule has 0 amide bonds. The lowest BCUT2D eigenvalue weighted by Crippen LogP contribution is -2.80. The first kappa shape index (κ1) is 19.1. The van der Waals surface area contributed by atoms with Crippen molar-refractivity contribution in [1.82, 2.24) is 9.88 Å². The van der Waals surface area contributed by atoms with Gasteiger partial charge in [-0.2, -0.15) is 0 Å². The van der Waals surface area contributed by atoms with E-state index in [1.165, 1.54) is 32.3 Å². The standard InChI is InChI=1S/C25H30N2Si/c1-20-10-4-7-13-23(20)28(27-18-16-26-17-19-27,24-14-8-5-11-21(24)2)25-15-9-6-12-22(25)3/h4-15,26H,16-19H2,1-3H3. The zero-order valence-electron chi connectivity index (χ0n) is 17.2. The normalized spacial score (nSPS) is 15.5. The molecule has 1 heterocycles. The summed E-state index contributed by atoms with van der Waals surface area (Å²) in [5, 5.41) is 8.15. The summed E-state index contributed by atoms with van der Waals surface area (Å²) in [6, 6.07) is 27.2. The van der Waals surface area contributed by atoms with Crippen molar-refractivity contribution in [2.24, 2.45) is 0 Å². The maximum absolute atomic E-state index is 3.57. The van der Waals surface area contributed by atoms with Crippen LogP contribution in [0.15, 0.2) is 72.8 Å². The summed E-state index contributed by atoms with van der Waals surface area (Å²) in [5.74, 6) is 0. The van der Waals surface area contributed by atoms with E-state index >= 15 is 0 Å². The molecule has 144 valence electrons. The number of nitrogens with zero attached hydrogens (tertiary/aromatic N) is 1. The molecule has 0 aromatic heterocycles. The first-order valence-corrected chi connectivity index (χ1v) is 12.2. The van der Waals surface area contributed by atoms with Gasteiger partial charge in [0.2, 0.25) is 8.24 Å². The SMILES string of the molecule is Cc1ccccc1[Si](c1ccccc1C)(c1ccccc1C)N1CCNCC1. The van der Waals surface area contributed by atoms with Crippen molar-refractivity contribution in [3.63, 3.8) is 0 Å². The molecule has 1 N–H and O–H groups in total. The second-order valence-corrected chi connectivity index (χ2v) is 11.6. The van der Waals surface area contributed by atoms with Gasteiger partial charge in [-0.1, -0.05) is 72.8 Å². The predicted octanol–water partition coefficient (Wildman–Crippen LogP) is 2.48. The summed E-state index contributed by atoms with van der Waals surface area (Å²) >= 11 is 0. The third-order valence-corrected chi connectivity index (χ3v) is 11.6. The van der Waals surface area contributed by atoms with E-state index in [0.717, 1.165) is 26.2 Å². The number of piperazine rings is 1. The van der Waals surface area contributed by atoms with Crippen LogP contribution in [-0.4, -0.2) is 39.0 Å². The van der Waals surface area contributed by atoms with E-state index in [0.29, 0.717) is 0 Å². The van der Waals surface area contributed by atoms with Gasteiger partial charge in [-0.05, 0) is 53.0 Å². The number of nitrogens with one attached hydrogen (secondary N) is 1. The topological polar surface area (TPSA) is 15.3 Å². The van der Waals surface area contributed by atoms with Crippen LogP contribution in [0.5, 0.6) is 0 Å². The van der Waals surface area contributed by atoms with Crippen LogP contribution >= 0.6 is 0 Å². The van der Waals surface area contributed by atoms with Gasteiger partial charge in [0, 0.05) is 26.2 Å². The van der Waals surface area contributed by atoms with E-state index in [4.69, 9.17) is 0 Å². The Morgan fingerprint density at radius 2 is 0.964 bits per heavy atom. The maximum atomic E-state index is 3.57. The molecule has 28 heavy (non-hydrogen) atoms. The predicted molar refractivity (Wildman–Crippen MR) is 123 cm³/mol. The van der Waals surface area contributed by atoms with Crippen LogP contribution in [0.1, 0.15) is 16.7 Å². The molecule has 0 unspecified atom stereocenters. The average Bonchev–Trinajstić information content (AvgIpc) is 2.73. The molecule has 1 fully saturated rings. The van der Waals surface area contributed by atoms with Crippen molar-refractivity contribution in [3.05, 3.63) is 89.5 Å². The van der Waals surface area contributed by atoms with Crippen molar-refractivity contribution in [2.75, 3.05) is 26.2 Å². The lowest BCUT2D eigenvalue weighted by atomic mass is 10.2. The molecule has 3 aromatic carbocycles. The summed E-state index contributed by atoms with van der Waals surface area (Å²) < 4.78 is 2.83. The Morgan fingerprint density at radius 3 is 1.32 bits per heavy atom. The van der Waals surface area contributed by atoms with Gasteiger partial charge >= 0.3 is 0 Å². The molecule has 0 spiro atoms. The van der Waals surface area contributed by atoms with Crippen molar-refractivity contribution in [3.8, 4) is 0 Å². The van der Waals surface area contributed by atoms with Crippen LogP contribution in [0.2, 0.25) is 0 Å². The number of rotatable bonds is 4. The first-order chi connectivity index (χ1) is 13.7. The van der Waals surface area contributed by atoms with Gasteiger partial charge in [0.15, 0.2) is 0 Å². The highest BCUT2D eigenvalue weighted by Gasteiger charge is 2.47. The van der Waals surface area contributed by atoms with Gasteiger partial charge in [0.25, 0.3) is 0 Å². The molecule has 0 saturated carbocycles. The highest BCUT2D eigenvalue weighted by molar-refractivity contribution is 7.10. The second-order valence-electron chi connectivity index (χ2n) is 7.89. The van der Waals surface area contributed by atoms with Gasteiger partial charge in [-0.25, -0.2) is 0 Å². The van der Waals surface area contributed by atoms with Crippen molar-refractivity contribution in [1.29, 1.82) is 0 Å². The largest absolute Gasteiger partial charge is 0.314 e. The number of hydrogen-bond acceptors (Lipinski definition) is 2. The summed E-state index contributed by atoms with van der Waals surface area (Å²) in [6.45, 7) is 11.1. The van der Waals surface area contributed by atoms with Crippen LogP contribution < -0.4 is 20.9 Å². The minimum absolute atomic E-state index is 1.05. The summed E-state index contributed by atoms with van der Waals surface area (Å²) in [5.41, 5.74) is 4.21. The van der Waals surface area contributed by atoms with Gasteiger partial charge < -0.3 is 9.88 Å². The van der Waals surface area contributed by atoms with Gasteiger partial charge in [0.05, 0.1) is 0 Å². The molecule has 0 atom stereocenters. The fourth-order valence-corrected chi connectivity index (χ4v) is 10.6. The van der Waals surface area contributed by atoms with E-state index < -0.39 is 8.24 Å². The van der Waals surface area contributed by atoms with E-state index in [9.17, 15) is 0 Å². The van der Waals surface area contributed by atoms with Crippen LogP contribution in [0.3, 0.4) is 0 Å². The van der Waals surface area contributed by atoms with Crippen LogP contribution in [0, 0.1) is 20.8 Å². The van der Waals surface area contributed by atoms with E-state index in [2.05, 4.69) is 103 Å². The zero-order valence-corrected chi connectivity index (χ0v) is 18.2. The Hall–Kier alpha value is -2.20. The van der Waals surface area contributed by atoms with Crippen molar-refractivity contribution < 1.29 is 0 Å². The summed E-state index contributed by atoms with van der Waals surface area (Å²) in [6.07, 6.45) is 0. The fraction of sp³-hybridized carbons (Fsp3) is 0.280. The Bertz CT molecular complexity index is 849. The minimum atomic E-state index is -2.36. The minimum Gasteiger partial charge on any atom is -0.314 e. The molecule has 1 saturated heterocycles. The zero-order chi connectivity index (χ0) is 19.6. The fourth-order valence-electron chi connectivity index (χ4n) is 4.88. The molecule has 1 aliphatic heterocycles. The van der Waals surface area contributed by atoms with Gasteiger partial charge in [-0.15, -0.1) is 0 Å². The van der Waals surface area contributed by atoms with Crippen molar-refractivity contribution >= 4 is 23.8 Å².